The number of aryl methyl sites for hydroxylation is 1. The Balaban J connectivity index is 1.65. The fourth-order valence-corrected chi connectivity index (χ4v) is 4.74. The zero-order valence-corrected chi connectivity index (χ0v) is 19.9. The lowest BCUT2D eigenvalue weighted by Gasteiger charge is -2.17. The minimum absolute atomic E-state index is 0.0438. The van der Waals surface area contributed by atoms with E-state index in [1.807, 2.05) is 25.2 Å². The number of nitrogens with one attached hydrogen (secondary N) is 2. The average Bonchev–Trinajstić information content (AvgIpc) is 2.80. The third kappa shape index (κ3) is 6.57. The summed E-state index contributed by atoms with van der Waals surface area (Å²) in [6.07, 6.45) is 0. The summed E-state index contributed by atoms with van der Waals surface area (Å²) in [6, 6.07) is 21.5. The highest BCUT2D eigenvalue weighted by molar-refractivity contribution is 7.92. The van der Waals surface area contributed by atoms with Crippen LogP contribution < -0.4 is 14.8 Å². The summed E-state index contributed by atoms with van der Waals surface area (Å²) < 4.78 is 33.9. The van der Waals surface area contributed by atoms with Gasteiger partial charge in [0, 0.05) is 25.2 Å². The van der Waals surface area contributed by atoms with Gasteiger partial charge >= 0.3 is 0 Å². The first-order valence-corrected chi connectivity index (χ1v) is 12.1. The monoisotopic (exact) mass is 467 g/mol. The van der Waals surface area contributed by atoms with Crippen LogP contribution in [-0.2, 0) is 16.6 Å². The van der Waals surface area contributed by atoms with Crippen molar-refractivity contribution in [2.24, 2.45) is 0 Å². The SMILES string of the molecule is COc1ccccc1NS(=O)(=O)c1cc(C(=O)NCCN(C)Cc2ccccc2)ccc1C. The van der Waals surface area contributed by atoms with Crippen LogP contribution in [0.5, 0.6) is 5.75 Å². The lowest BCUT2D eigenvalue weighted by molar-refractivity contribution is 0.0949. The Kier molecular flexibility index (Phi) is 8.08. The molecule has 0 heterocycles. The second-order valence-electron chi connectivity index (χ2n) is 7.77. The van der Waals surface area contributed by atoms with Crippen molar-refractivity contribution in [2.75, 3.05) is 32.0 Å². The van der Waals surface area contributed by atoms with Crippen LogP contribution in [0.2, 0.25) is 0 Å². The smallest absolute Gasteiger partial charge is 0.262 e. The van der Waals surface area contributed by atoms with Crippen molar-refractivity contribution in [3.63, 3.8) is 0 Å². The second kappa shape index (κ2) is 11.0. The number of sulfonamides is 1. The van der Waals surface area contributed by atoms with Crippen LogP contribution in [0.25, 0.3) is 0 Å². The second-order valence-corrected chi connectivity index (χ2v) is 9.42. The molecule has 0 aliphatic carbocycles. The predicted molar refractivity (Wildman–Crippen MR) is 130 cm³/mol. The summed E-state index contributed by atoms with van der Waals surface area (Å²) in [6.45, 7) is 3.57. The molecule has 3 aromatic carbocycles. The largest absolute Gasteiger partial charge is 0.495 e. The molecule has 1 amide bonds. The number of methoxy groups -OCH3 is 1. The highest BCUT2D eigenvalue weighted by atomic mass is 32.2. The normalized spacial score (nSPS) is 11.3. The molecule has 0 spiro atoms. The van der Waals surface area contributed by atoms with Crippen LogP contribution in [0.3, 0.4) is 0 Å². The molecule has 0 bridgehead atoms. The summed E-state index contributed by atoms with van der Waals surface area (Å²) in [5, 5.41) is 2.87. The van der Waals surface area contributed by atoms with E-state index in [0.717, 1.165) is 6.54 Å². The topological polar surface area (TPSA) is 87.7 Å². The summed E-state index contributed by atoms with van der Waals surface area (Å²) in [5.41, 5.74) is 2.35. The zero-order valence-electron chi connectivity index (χ0n) is 19.0. The predicted octanol–water partition coefficient (Wildman–Crippen LogP) is 3.67. The Morgan fingerprint density at radius 3 is 2.42 bits per heavy atom. The molecule has 0 fully saturated rings. The van der Waals surface area contributed by atoms with Crippen molar-refractivity contribution in [3.8, 4) is 5.75 Å². The molecule has 33 heavy (non-hydrogen) atoms. The number of hydrogen-bond donors (Lipinski definition) is 2. The third-order valence-corrected chi connectivity index (χ3v) is 6.67. The number of likely N-dealkylation sites (N-methyl/N-ethyl adjacent to an activating group) is 1. The van der Waals surface area contributed by atoms with Crippen molar-refractivity contribution < 1.29 is 17.9 Å². The maximum Gasteiger partial charge on any atom is 0.262 e. The Morgan fingerprint density at radius 2 is 1.70 bits per heavy atom. The number of carbonyl (C=O) groups is 1. The van der Waals surface area contributed by atoms with E-state index in [0.29, 0.717) is 30.1 Å². The maximum absolute atomic E-state index is 13.0. The molecule has 7 nitrogen and oxygen atoms in total. The molecule has 3 aromatic rings. The Bertz CT molecular complexity index is 1200. The van der Waals surface area contributed by atoms with E-state index in [1.165, 1.54) is 18.7 Å². The van der Waals surface area contributed by atoms with Crippen LogP contribution in [0.4, 0.5) is 5.69 Å². The first-order chi connectivity index (χ1) is 15.8. The van der Waals surface area contributed by atoms with Crippen molar-refractivity contribution >= 4 is 21.6 Å². The molecule has 0 aliphatic rings. The number of nitrogens with zero attached hydrogens (tertiary/aromatic N) is 1. The summed E-state index contributed by atoms with van der Waals surface area (Å²) in [4.78, 5) is 14.8. The fraction of sp³-hybridized carbons (Fsp3) is 0.240. The van der Waals surface area contributed by atoms with Gasteiger partial charge in [0.15, 0.2) is 0 Å². The lowest BCUT2D eigenvalue weighted by atomic mass is 10.1. The molecule has 3 rings (SSSR count). The lowest BCUT2D eigenvalue weighted by Crippen LogP contribution is -2.32. The van der Waals surface area contributed by atoms with E-state index in [9.17, 15) is 13.2 Å². The summed E-state index contributed by atoms with van der Waals surface area (Å²) in [5.74, 6) is 0.0871. The molecule has 0 atom stereocenters. The minimum atomic E-state index is -3.92. The highest BCUT2D eigenvalue weighted by Crippen LogP contribution is 2.27. The number of ether oxygens (including phenoxy) is 1. The van der Waals surface area contributed by atoms with Crippen molar-refractivity contribution in [1.29, 1.82) is 0 Å². The van der Waals surface area contributed by atoms with Crippen LogP contribution >= 0.6 is 0 Å². The zero-order chi connectivity index (χ0) is 23.8. The molecule has 0 aromatic heterocycles. The van der Waals surface area contributed by atoms with Gasteiger partial charge in [0.25, 0.3) is 15.9 Å². The van der Waals surface area contributed by atoms with Gasteiger partial charge < -0.3 is 15.0 Å². The molecule has 0 saturated heterocycles. The number of rotatable bonds is 10. The van der Waals surface area contributed by atoms with Crippen LogP contribution in [-0.4, -0.2) is 46.5 Å². The van der Waals surface area contributed by atoms with E-state index < -0.39 is 10.0 Å². The van der Waals surface area contributed by atoms with Gasteiger partial charge in [-0.15, -0.1) is 0 Å². The highest BCUT2D eigenvalue weighted by Gasteiger charge is 2.20. The molecule has 0 radical (unpaired) electrons. The third-order valence-electron chi connectivity index (χ3n) is 5.17. The molecular formula is C25H29N3O4S. The van der Waals surface area contributed by atoms with Gasteiger partial charge in [-0.05, 0) is 49.4 Å². The van der Waals surface area contributed by atoms with Gasteiger partial charge in [0.05, 0.1) is 17.7 Å². The molecule has 0 unspecified atom stereocenters. The van der Waals surface area contributed by atoms with Crippen molar-refractivity contribution in [3.05, 3.63) is 89.5 Å². The molecule has 0 aliphatic heterocycles. The van der Waals surface area contributed by atoms with E-state index in [4.69, 9.17) is 4.74 Å². The number of para-hydroxylation sites is 2. The first-order valence-electron chi connectivity index (χ1n) is 10.6. The molecule has 174 valence electrons. The molecule has 2 N–H and O–H groups in total. The number of benzene rings is 3. The number of carbonyl (C=O) groups excluding carboxylic acids is 1. The van der Waals surface area contributed by atoms with Gasteiger partial charge in [-0.2, -0.15) is 0 Å². The Labute approximate surface area is 195 Å². The first kappa shape index (κ1) is 24.3. The van der Waals surface area contributed by atoms with E-state index in [-0.39, 0.29) is 16.4 Å². The van der Waals surface area contributed by atoms with Crippen LogP contribution in [0.15, 0.2) is 77.7 Å². The minimum Gasteiger partial charge on any atom is -0.495 e. The van der Waals surface area contributed by atoms with E-state index in [1.54, 1.807) is 43.3 Å². The van der Waals surface area contributed by atoms with Gasteiger partial charge in [-0.3, -0.25) is 9.52 Å². The maximum atomic E-state index is 13.0. The van der Waals surface area contributed by atoms with Gasteiger partial charge in [0.2, 0.25) is 0 Å². The summed E-state index contributed by atoms with van der Waals surface area (Å²) in [7, 11) is -0.461. The Hall–Kier alpha value is -3.36. The molecule has 0 saturated carbocycles. The molecular weight excluding hydrogens is 438 g/mol. The van der Waals surface area contributed by atoms with Crippen LogP contribution in [0, 0.1) is 6.92 Å². The summed E-state index contributed by atoms with van der Waals surface area (Å²) >= 11 is 0. The van der Waals surface area contributed by atoms with Crippen molar-refractivity contribution in [2.45, 2.75) is 18.4 Å². The van der Waals surface area contributed by atoms with Crippen LogP contribution in [0.1, 0.15) is 21.5 Å². The quantitative estimate of drug-likeness (QED) is 0.475. The van der Waals surface area contributed by atoms with Crippen molar-refractivity contribution in [1.82, 2.24) is 10.2 Å². The Morgan fingerprint density at radius 1 is 1.00 bits per heavy atom. The van der Waals surface area contributed by atoms with Gasteiger partial charge in [-0.1, -0.05) is 48.5 Å². The number of anilines is 1. The number of hydrogen-bond acceptors (Lipinski definition) is 5. The average molecular weight is 468 g/mol. The van der Waals surface area contributed by atoms with Gasteiger partial charge in [-0.25, -0.2) is 8.42 Å². The fourth-order valence-electron chi connectivity index (χ4n) is 3.40. The van der Waals surface area contributed by atoms with E-state index in [2.05, 4.69) is 27.1 Å². The van der Waals surface area contributed by atoms with Gasteiger partial charge in [0.1, 0.15) is 5.75 Å². The standard InChI is InChI=1S/C25H29N3O4S/c1-19-13-14-21(25(29)26-15-16-28(2)18-20-9-5-4-6-10-20)17-24(19)33(30,31)27-22-11-7-8-12-23(22)32-3/h4-14,17,27H,15-16,18H2,1-3H3,(H,26,29). The molecule has 8 heteroatoms. The number of amides is 1. The van der Waals surface area contributed by atoms with E-state index >= 15 is 0 Å².